The van der Waals surface area contributed by atoms with Gasteiger partial charge in [-0.3, -0.25) is 14.9 Å². The highest BCUT2D eigenvalue weighted by Crippen LogP contribution is 2.19. The van der Waals surface area contributed by atoms with Crippen molar-refractivity contribution in [1.29, 1.82) is 5.26 Å². The Balaban J connectivity index is 2.23. The molecule has 102 valence electrons. The number of rotatable bonds is 4. The number of nitro groups is 1. The van der Waals surface area contributed by atoms with E-state index in [1.807, 2.05) is 6.07 Å². The third kappa shape index (κ3) is 3.39. The van der Waals surface area contributed by atoms with E-state index in [0.717, 1.165) is 0 Å². The molecule has 0 heterocycles. The monoisotopic (exact) mass is 278 g/mol. The molecule has 0 fully saturated rings. The minimum absolute atomic E-state index is 0.0543. The summed E-state index contributed by atoms with van der Waals surface area (Å²) in [7, 11) is 0. The van der Waals surface area contributed by atoms with E-state index in [1.54, 1.807) is 42.5 Å². The summed E-state index contributed by atoms with van der Waals surface area (Å²) in [6.07, 6.45) is 2.70. The normalized spacial score (nSPS) is 10.2. The number of allylic oxidation sites excluding steroid dienone is 1. The Labute approximate surface area is 120 Å². The van der Waals surface area contributed by atoms with E-state index in [0.29, 0.717) is 16.7 Å². The molecule has 0 aromatic heterocycles. The van der Waals surface area contributed by atoms with Crippen LogP contribution in [0.3, 0.4) is 0 Å². The zero-order chi connectivity index (χ0) is 15.2. The second-order valence-corrected chi connectivity index (χ2v) is 4.20. The Morgan fingerprint density at radius 2 is 1.81 bits per heavy atom. The molecule has 0 saturated carbocycles. The lowest BCUT2D eigenvalue weighted by Crippen LogP contribution is -1.95. The lowest BCUT2D eigenvalue weighted by molar-refractivity contribution is -0.385. The quantitative estimate of drug-likeness (QED) is 0.371. The molecule has 0 aliphatic carbocycles. The fourth-order valence-electron chi connectivity index (χ4n) is 1.77. The van der Waals surface area contributed by atoms with Crippen LogP contribution in [0, 0.1) is 21.4 Å². The minimum atomic E-state index is -0.494. The first-order valence-electron chi connectivity index (χ1n) is 6.08. The van der Waals surface area contributed by atoms with Crippen molar-refractivity contribution in [3.05, 3.63) is 81.4 Å². The summed E-state index contributed by atoms with van der Waals surface area (Å²) in [4.78, 5) is 22.3. The van der Waals surface area contributed by atoms with E-state index in [2.05, 4.69) is 0 Å². The van der Waals surface area contributed by atoms with Crippen LogP contribution in [0.2, 0.25) is 0 Å². The van der Waals surface area contributed by atoms with Crippen LogP contribution in [0.15, 0.2) is 54.6 Å². The second-order valence-electron chi connectivity index (χ2n) is 4.20. The number of nitro benzene ring substituents is 1. The van der Waals surface area contributed by atoms with Crippen LogP contribution in [-0.4, -0.2) is 10.7 Å². The molecular formula is C16H10N2O3. The molecule has 0 aliphatic rings. The number of carbonyl (C=O) groups excluding carboxylic acids is 1. The summed E-state index contributed by atoms with van der Waals surface area (Å²) in [5.74, 6) is -0.280. The average Bonchev–Trinajstić information content (AvgIpc) is 2.52. The van der Waals surface area contributed by atoms with Gasteiger partial charge in [0.1, 0.15) is 0 Å². The summed E-state index contributed by atoms with van der Waals surface area (Å²) < 4.78 is 0. The van der Waals surface area contributed by atoms with Crippen LogP contribution in [0.5, 0.6) is 0 Å². The molecule has 5 nitrogen and oxygen atoms in total. The standard InChI is InChI=1S/C16H10N2O3/c17-11-12-5-7-14(8-6-12)16(19)10-9-13-3-1-2-4-15(13)18(20)21/h1-10H/b10-9+. The van der Waals surface area contributed by atoms with Crippen molar-refractivity contribution in [1.82, 2.24) is 0 Å². The maximum Gasteiger partial charge on any atom is 0.276 e. The van der Waals surface area contributed by atoms with Gasteiger partial charge in [0.2, 0.25) is 0 Å². The Bertz CT molecular complexity index is 756. The van der Waals surface area contributed by atoms with Crippen molar-refractivity contribution < 1.29 is 9.72 Å². The molecule has 0 bridgehead atoms. The van der Waals surface area contributed by atoms with E-state index < -0.39 is 4.92 Å². The molecule has 2 aromatic rings. The molecular weight excluding hydrogens is 268 g/mol. The van der Waals surface area contributed by atoms with Crippen LogP contribution < -0.4 is 0 Å². The third-order valence-corrected chi connectivity index (χ3v) is 2.85. The number of hydrogen-bond donors (Lipinski definition) is 0. The summed E-state index contributed by atoms with van der Waals surface area (Å²) >= 11 is 0. The topological polar surface area (TPSA) is 84.0 Å². The van der Waals surface area contributed by atoms with Gasteiger partial charge < -0.3 is 0 Å². The minimum Gasteiger partial charge on any atom is -0.289 e. The van der Waals surface area contributed by atoms with Gasteiger partial charge in [0.15, 0.2) is 5.78 Å². The third-order valence-electron chi connectivity index (χ3n) is 2.85. The zero-order valence-electron chi connectivity index (χ0n) is 10.9. The SMILES string of the molecule is N#Cc1ccc(C(=O)/C=C/c2ccccc2[N+](=O)[O-])cc1. The van der Waals surface area contributed by atoms with Gasteiger partial charge in [-0.25, -0.2) is 0 Å². The van der Waals surface area contributed by atoms with Crippen molar-refractivity contribution in [2.75, 3.05) is 0 Å². The van der Waals surface area contributed by atoms with Crippen molar-refractivity contribution in [2.45, 2.75) is 0 Å². The van der Waals surface area contributed by atoms with Gasteiger partial charge >= 0.3 is 0 Å². The molecule has 0 radical (unpaired) electrons. The highest BCUT2D eigenvalue weighted by molar-refractivity contribution is 6.07. The Morgan fingerprint density at radius 3 is 2.43 bits per heavy atom. The molecule has 0 atom stereocenters. The number of para-hydroxylation sites is 1. The largest absolute Gasteiger partial charge is 0.289 e. The fourth-order valence-corrected chi connectivity index (χ4v) is 1.77. The number of nitriles is 1. The van der Waals surface area contributed by atoms with Crippen LogP contribution in [0.4, 0.5) is 5.69 Å². The highest BCUT2D eigenvalue weighted by Gasteiger charge is 2.10. The lowest BCUT2D eigenvalue weighted by Gasteiger charge is -1.97. The van der Waals surface area contributed by atoms with Crippen molar-refractivity contribution in [2.24, 2.45) is 0 Å². The van der Waals surface area contributed by atoms with Crippen LogP contribution >= 0.6 is 0 Å². The summed E-state index contributed by atoms with van der Waals surface area (Å²) in [6, 6.07) is 14.3. The molecule has 2 aromatic carbocycles. The molecule has 0 aliphatic heterocycles. The lowest BCUT2D eigenvalue weighted by atomic mass is 10.1. The molecule has 5 heteroatoms. The Hall–Kier alpha value is -3.26. The molecule has 0 saturated heterocycles. The molecule has 0 amide bonds. The van der Waals surface area contributed by atoms with Crippen LogP contribution in [0.1, 0.15) is 21.5 Å². The molecule has 0 N–H and O–H groups in total. The smallest absolute Gasteiger partial charge is 0.276 e. The van der Waals surface area contributed by atoms with Crippen molar-refractivity contribution in [3.8, 4) is 6.07 Å². The number of benzene rings is 2. The van der Waals surface area contributed by atoms with Gasteiger partial charge in [-0.15, -0.1) is 0 Å². The van der Waals surface area contributed by atoms with Crippen LogP contribution in [0.25, 0.3) is 6.08 Å². The first-order valence-corrected chi connectivity index (χ1v) is 6.08. The van der Waals surface area contributed by atoms with Gasteiger partial charge in [-0.2, -0.15) is 5.26 Å². The van der Waals surface area contributed by atoms with Gasteiger partial charge in [-0.1, -0.05) is 12.1 Å². The van der Waals surface area contributed by atoms with Gasteiger partial charge in [0.25, 0.3) is 5.69 Å². The van der Waals surface area contributed by atoms with Crippen molar-refractivity contribution in [3.63, 3.8) is 0 Å². The Morgan fingerprint density at radius 1 is 1.14 bits per heavy atom. The van der Waals surface area contributed by atoms with Crippen LogP contribution in [-0.2, 0) is 0 Å². The summed E-state index contributed by atoms with van der Waals surface area (Å²) in [5.41, 5.74) is 1.20. The molecule has 21 heavy (non-hydrogen) atoms. The zero-order valence-corrected chi connectivity index (χ0v) is 10.9. The summed E-state index contributed by atoms with van der Waals surface area (Å²) in [6.45, 7) is 0. The number of carbonyl (C=O) groups is 1. The molecule has 0 unspecified atom stereocenters. The number of hydrogen-bond acceptors (Lipinski definition) is 4. The van der Waals surface area contributed by atoms with E-state index in [9.17, 15) is 14.9 Å². The first kappa shape index (κ1) is 14.2. The number of ketones is 1. The summed E-state index contributed by atoms with van der Waals surface area (Å²) in [5, 5.41) is 19.6. The predicted molar refractivity (Wildman–Crippen MR) is 77.6 cm³/mol. The second kappa shape index (κ2) is 6.26. The molecule has 0 spiro atoms. The average molecular weight is 278 g/mol. The van der Waals surface area contributed by atoms with E-state index in [-0.39, 0.29) is 11.5 Å². The predicted octanol–water partition coefficient (Wildman–Crippen LogP) is 3.36. The highest BCUT2D eigenvalue weighted by atomic mass is 16.6. The Kier molecular flexibility index (Phi) is 4.22. The number of nitrogens with zero attached hydrogens (tertiary/aromatic N) is 2. The van der Waals surface area contributed by atoms with Gasteiger partial charge in [-0.05, 0) is 42.5 Å². The fraction of sp³-hybridized carbons (Fsp3) is 0. The van der Waals surface area contributed by atoms with Crippen molar-refractivity contribution >= 4 is 17.5 Å². The first-order chi connectivity index (χ1) is 10.1. The molecule has 2 rings (SSSR count). The van der Waals surface area contributed by atoms with E-state index >= 15 is 0 Å². The van der Waals surface area contributed by atoms with E-state index in [1.165, 1.54) is 18.2 Å². The van der Waals surface area contributed by atoms with E-state index in [4.69, 9.17) is 5.26 Å². The van der Waals surface area contributed by atoms with Gasteiger partial charge in [0.05, 0.1) is 22.1 Å². The van der Waals surface area contributed by atoms with Gasteiger partial charge in [0, 0.05) is 11.6 Å². The maximum absolute atomic E-state index is 12.0. The maximum atomic E-state index is 12.0.